The molecule has 1 rings (SSSR count). The fraction of sp³-hybridized carbons (Fsp3) is 0.462. The molecule has 0 bridgehead atoms. The predicted octanol–water partition coefficient (Wildman–Crippen LogP) is 2.91. The van der Waals surface area contributed by atoms with E-state index in [1.807, 2.05) is 51.1 Å². The Kier molecular flexibility index (Phi) is 4.35. The van der Waals surface area contributed by atoms with Crippen molar-refractivity contribution in [2.24, 2.45) is 5.92 Å². The van der Waals surface area contributed by atoms with Gasteiger partial charge in [0, 0.05) is 6.42 Å². The van der Waals surface area contributed by atoms with E-state index in [9.17, 15) is 4.79 Å². The second kappa shape index (κ2) is 5.54. The minimum Gasteiger partial charge on any atom is -0.350 e. The van der Waals surface area contributed by atoms with Crippen molar-refractivity contribution in [2.45, 2.75) is 33.2 Å². The minimum absolute atomic E-state index is 0.0949. The standard InChI is InChI=1S/C13H19NO/c1-10(2)9-13(15)14-11(3)12-7-5-4-6-8-12/h4-8,10-11H,9H2,1-3H3,(H,14,15)/t11-/m0/s1. The van der Waals surface area contributed by atoms with Crippen molar-refractivity contribution in [3.63, 3.8) is 0 Å². The summed E-state index contributed by atoms with van der Waals surface area (Å²) < 4.78 is 0. The Balaban J connectivity index is 2.49. The molecular weight excluding hydrogens is 186 g/mol. The Morgan fingerprint density at radius 2 is 1.80 bits per heavy atom. The molecule has 0 aliphatic carbocycles. The van der Waals surface area contributed by atoms with Gasteiger partial charge >= 0.3 is 0 Å². The molecule has 2 nitrogen and oxygen atoms in total. The van der Waals surface area contributed by atoms with Crippen LogP contribution in [0.1, 0.15) is 38.8 Å². The van der Waals surface area contributed by atoms with E-state index in [0.29, 0.717) is 12.3 Å². The van der Waals surface area contributed by atoms with Crippen LogP contribution in [-0.4, -0.2) is 5.91 Å². The summed E-state index contributed by atoms with van der Waals surface area (Å²) in [5.41, 5.74) is 1.15. The molecule has 2 heteroatoms. The highest BCUT2D eigenvalue weighted by Gasteiger charge is 2.09. The highest BCUT2D eigenvalue weighted by molar-refractivity contribution is 5.76. The Labute approximate surface area is 91.7 Å². The van der Waals surface area contributed by atoms with Gasteiger partial charge in [0.05, 0.1) is 6.04 Å². The number of carbonyl (C=O) groups excluding carboxylic acids is 1. The van der Waals surface area contributed by atoms with Crippen LogP contribution in [-0.2, 0) is 4.79 Å². The zero-order chi connectivity index (χ0) is 11.3. The third kappa shape index (κ3) is 4.15. The van der Waals surface area contributed by atoms with Crippen LogP contribution in [0.4, 0.5) is 0 Å². The zero-order valence-corrected chi connectivity index (χ0v) is 9.66. The summed E-state index contributed by atoms with van der Waals surface area (Å²) in [6, 6.07) is 10.1. The first-order valence-electron chi connectivity index (χ1n) is 5.44. The summed E-state index contributed by atoms with van der Waals surface area (Å²) in [6.45, 7) is 6.10. The molecule has 0 aliphatic rings. The van der Waals surface area contributed by atoms with Crippen LogP contribution >= 0.6 is 0 Å². The summed E-state index contributed by atoms with van der Waals surface area (Å²) in [6.07, 6.45) is 0.594. The van der Waals surface area contributed by atoms with Gasteiger partial charge < -0.3 is 5.32 Å². The van der Waals surface area contributed by atoms with Gasteiger partial charge in [-0.05, 0) is 18.4 Å². The van der Waals surface area contributed by atoms with Gasteiger partial charge in [0.15, 0.2) is 0 Å². The van der Waals surface area contributed by atoms with Crippen LogP contribution in [0, 0.1) is 5.92 Å². The quantitative estimate of drug-likeness (QED) is 0.804. The Morgan fingerprint density at radius 3 is 2.33 bits per heavy atom. The largest absolute Gasteiger partial charge is 0.350 e. The fourth-order valence-corrected chi connectivity index (χ4v) is 1.50. The molecule has 0 fully saturated rings. The lowest BCUT2D eigenvalue weighted by Crippen LogP contribution is -2.27. The molecule has 0 spiro atoms. The number of carbonyl (C=O) groups is 1. The number of benzene rings is 1. The molecule has 0 unspecified atom stereocenters. The molecule has 1 atom stereocenters. The highest BCUT2D eigenvalue weighted by atomic mass is 16.1. The van der Waals surface area contributed by atoms with Crippen molar-refractivity contribution < 1.29 is 4.79 Å². The average Bonchev–Trinajstić information content (AvgIpc) is 2.17. The lowest BCUT2D eigenvalue weighted by atomic mass is 10.1. The van der Waals surface area contributed by atoms with E-state index in [2.05, 4.69) is 5.32 Å². The number of amides is 1. The average molecular weight is 205 g/mol. The minimum atomic E-state index is 0.0949. The second-order valence-electron chi connectivity index (χ2n) is 4.30. The fourth-order valence-electron chi connectivity index (χ4n) is 1.50. The van der Waals surface area contributed by atoms with Crippen molar-refractivity contribution >= 4 is 5.91 Å². The van der Waals surface area contributed by atoms with Gasteiger partial charge in [0.25, 0.3) is 0 Å². The van der Waals surface area contributed by atoms with Crippen molar-refractivity contribution in [3.05, 3.63) is 35.9 Å². The number of hydrogen-bond donors (Lipinski definition) is 1. The monoisotopic (exact) mass is 205 g/mol. The molecule has 1 aromatic rings. The van der Waals surface area contributed by atoms with Crippen LogP contribution in [0.3, 0.4) is 0 Å². The van der Waals surface area contributed by atoms with Gasteiger partial charge in [0.1, 0.15) is 0 Å². The first-order chi connectivity index (χ1) is 7.09. The molecule has 1 aromatic carbocycles. The lowest BCUT2D eigenvalue weighted by Gasteiger charge is -2.15. The van der Waals surface area contributed by atoms with E-state index in [4.69, 9.17) is 0 Å². The molecular formula is C13H19NO. The van der Waals surface area contributed by atoms with Gasteiger partial charge in [-0.3, -0.25) is 4.79 Å². The van der Waals surface area contributed by atoms with E-state index in [1.54, 1.807) is 0 Å². The van der Waals surface area contributed by atoms with E-state index < -0.39 is 0 Å². The molecule has 0 aromatic heterocycles. The molecule has 15 heavy (non-hydrogen) atoms. The molecule has 1 amide bonds. The van der Waals surface area contributed by atoms with E-state index in [1.165, 1.54) is 0 Å². The van der Waals surface area contributed by atoms with Gasteiger partial charge in [-0.2, -0.15) is 0 Å². The first kappa shape index (κ1) is 11.8. The zero-order valence-electron chi connectivity index (χ0n) is 9.66. The highest BCUT2D eigenvalue weighted by Crippen LogP contribution is 2.11. The summed E-state index contributed by atoms with van der Waals surface area (Å²) >= 11 is 0. The maximum Gasteiger partial charge on any atom is 0.220 e. The van der Waals surface area contributed by atoms with E-state index >= 15 is 0 Å². The van der Waals surface area contributed by atoms with Crippen LogP contribution in [0.15, 0.2) is 30.3 Å². The Hall–Kier alpha value is -1.31. The Bertz CT molecular complexity index is 306. The normalized spacial score (nSPS) is 12.5. The summed E-state index contributed by atoms with van der Waals surface area (Å²) in [5, 5.41) is 2.99. The maximum absolute atomic E-state index is 11.5. The molecule has 0 aliphatic heterocycles. The summed E-state index contributed by atoms with van der Waals surface area (Å²) in [7, 11) is 0. The molecule has 0 saturated heterocycles. The summed E-state index contributed by atoms with van der Waals surface area (Å²) in [4.78, 5) is 11.5. The molecule has 0 radical (unpaired) electrons. The number of rotatable bonds is 4. The lowest BCUT2D eigenvalue weighted by molar-refractivity contribution is -0.122. The van der Waals surface area contributed by atoms with Crippen molar-refractivity contribution in [1.29, 1.82) is 0 Å². The molecule has 82 valence electrons. The second-order valence-corrected chi connectivity index (χ2v) is 4.30. The molecule has 1 N–H and O–H groups in total. The van der Waals surface area contributed by atoms with Crippen molar-refractivity contribution in [3.8, 4) is 0 Å². The van der Waals surface area contributed by atoms with E-state index in [0.717, 1.165) is 5.56 Å². The third-order valence-corrected chi connectivity index (χ3v) is 2.27. The smallest absolute Gasteiger partial charge is 0.220 e. The van der Waals surface area contributed by atoms with Crippen molar-refractivity contribution in [2.75, 3.05) is 0 Å². The third-order valence-electron chi connectivity index (χ3n) is 2.27. The summed E-state index contributed by atoms with van der Waals surface area (Å²) in [5.74, 6) is 0.536. The van der Waals surface area contributed by atoms with Crippen LogP contribution in [0.2, 0.25) is 0 Å². The maximum atomic E-state index is 11.5. The van der Waals surface area contributed by atoms with Gasteiger partial charge in [-0.15, -0.1) is 0 Å². The first-order valence-corrected chi connectivity index (χ1v) is 5.44. The van der Waals surface area contributed by atoms with Gasteiger partial charge in [-0.25, -0.2) is 0 Å². The molecule has 0 heterocycles. The molecule has 0 saturated carbocycles. The van der Waals surface area contributed by atoms with E-state index in [-0.39, 0.29) is 11.9 Å². The predicted molar refractivity (Wildman–Crippen MR) is 62.5 cm³/mol. The SMILES string of the molecule is CC(C)CC(=O)N[C@@H](C)c1ccccc1. The van der Waals surface area contributed by atoms with Crippen molar-refractivity contribution in [1.82, 2.24) is 5.32 Å². The van der Waals surface area contributed by atoms with Crippen LogP contribution in [0.5, 0.6) is 0 Å². The topological polar surface area (TPSA) is 29.1 Å². The number of nitrogens with one attached hydrogen (secondary N) is 1. The van der Waals surface area contributed by atoms with Gasteiger partial charge in [0.2, 0.25) is 5.91 Å². The van der Waals surface area contributed by atoms with Crippen LogP contribution < -0.4 is 5.32 Å². The number of hydrogen-bond acceptors (Lipinski definition) is 1. The van der Waals surface area contributed by atoms with Gasteiger partial charge in [-0.1, -0.05) is 44.2 Å². The van der Waals surface area contributed by atoms with Crippen LogP contribution in [0.25, 0.3) is 0 Å². The Morgan fingerprint density at radius 1 is 1.20 bits per heavy atom.